The van der Waals surface area contributed by atoms with E-state index in [4.69, 9.17) is 28.9 Å². The number of H-pyrrole nitrogens is 1. The average molecular weight is 523 g/mol. The minimum Gasteiger partial charge on any atom is -0.618 e. The second kappa shape index (κ2) is 9.79. The minimum absolute atomic E-state index is 0.222. The molecule has 4 N–H and O–H groups in total. The number of anilines is 2. The minimum atomic E-state index is -0.229. The highest BCUT2D eigenvalue weighted by Gasteiger charge is 2.33. The fourth-order valence-corrected chi connectivity index (χ4v) is 4.72. The third-order valence-electron chi connectivity index (χ3n) is 6.26. The molecule has 1 aromatic carbocycles. The molecule has 1 fully saturated rings. The van der Waals surface area contributed by atoms with Crippen LogP contribution >= 0.6 is 23.2 Å². The second-order valence-electron chi connectivity index (χ2n) is 9.03. The Morgan fingerprint density at radius 2 is 2.03 bits per heavy atom. The van der Waals surface area contributed by atoms with Crippen LogP contribution < -0.4 is 15.8 Å². The first-order chi connectivity index (χ1) is 17.3. The molecular formula is C26H24Cl2N6O2. The third kappa shape index (κ3) is 5.15. The molecular weight excluding hydrogens is 499 g/mol. The van der Waals surface area contributed by atoms with Crippen LogP contribution in [0.4, 0.5) is 11.5 Å². The molecule has 1 amide bonds. The van der Waals surface area contributed by atoms with E-state index in [0.717, 1.165) is 24.0 Å². The van der Waals surface area contributed by atoms with Crippen molar-refractivity contribution >= 4 is 40.6 Å². The van der Waals surface area contributed by atoms with Crippen molar-refractivity contribution in [2.24, 2.45) is 5.92 Å². The number of hydrogen-bond acceptors (Lipinski definition) is 5. The van der Waals surface area contributed by atoms with Gasteiger partial charge in [-0.2, -0.15) is 4.73 Å². The van der Waals surface area contributed by atoms with Gasteiger partial charge < -0.3 is 21.2 Å². The number of aromatic nitrogens is 4. The van der Waals surface area contributed by atoms with E-state index in [1.54, 1.807) is 36.5 Å². The number of hydrogen-bond donors (Lipinski definition) is 3. The molecule has 0 saturated heterocycles. The van der Waals surface area contributed by atoms with Crippen LogP contribution in [0.2, 0.25) is 10.2 Å². The highest BCUT2D eigenvalue weighted by atomic mass is 35.5. The summed E-state index contributed by atoms with van der Waals surface area (Å²) in [7, 11) is 0. The van der Waals surface area contributed by atoms with Crippen LogP contribution in [0.25, 0.3) is 22.4 Å². The maximum absolute atomic E-state index is 13.2. The summed E-state index contributed by atoms with van der Waals surface area (Å²) in [6.45, 7) is 1.41. The van der Waals surface area contributed by atoms with Gasteiger partial charge in [-0.3, -0.25) is 4.79 Å². The summed E-state index contributed by atoms with van der Waals surface area (Å²) in [4.78, 5) is 23.5. The van der Waals surface area contributed by atoms with Crippen molar-refractivity contribution in [3.8, 4) is 22.4 Å². The Bertz CT molecular complexity index is 1450. The zero-order chi connectivity index (χ0) is 25.4. The topological polar surface area (TPSA) is 124 Å². The van der Waals surface area contributed by atoms with Crippen LogP contribution in [-0.2, 0) is 4.79 Å². The van der Waals surface area contributed by atoms with Gasteiger partial charge in [0.2, 0.25) is 11.6 Å². The Hall–Kier alpha value is -3.62. The molecule has 8 nitrogen and oxygen atoms in total. The number of imidazole rings is 1. The van der Waals surface area contributed by atoms with E-state index in [1.165, 1.54) is 13.1 Å². The molecule has 1 aliphatic rings. The SMILES string of the molecule is CC(=O)Nc1ccc(-c2cnc(C(CC3CC3)c3ccc(-c4cc(Cl)ccc4N)c[n+]3[O-])[nH]2)c(Cl)n1. The van der Waals surface area contributed by atoms with Gasteiger partial charge in [-0.15, -0.1) is 0 Å². The van der Waals surface area contributed by atoms with Crippen molar-refractivity contribution < 1.29 is 9.52 Å². The quantitative estimate of drug-likeness (QED) is 0.127. The Balaban J connectivity index is 1.47. The standard InChI is InChI=1S/C26H24Cl2N6O2/c1-14(35)31-24-9-6-18(25(28)33-24)22-12-30-26(32-22)20(10-15-2-3-15)23-8-4-16(13-34(23)36)19-11-17(27)5-7-21(19)29/h4-9,11-13,15,20H,2-3,10,29H2,1H3,(H,30,32)(H,31,33,35). The molecule has 0 aliphatic heterocycles. The van der Waals surface area contributed by atoms with Gasteiger partial charge in [0.05, 0.1) is 11.9 Å². The lowest BCUT2D eigenvalue weighted by molar-refractivity contribution is -0.614. The summed E-state index contributed by atoms with van der Waals surface area (Å²) in [5.41, 5.74) is 9.99. The maximum Gasteiger partial charge on any atom is 0.222 e. The molecule has 1 saturated carbocycles. The molecule has 0 spiro atoms. The van der Waals surface area contributed by atoms with E-state index < -0.39 is 0 Å². The normalized spacial score (nSPS) is 14.0. The molecule has 3 aromatic heterocycles. The number of benzene rings is 1. The van der Waals surface area contributed by atoms with E-state index in [2.05, 4.69) is 20.3 Å². The van der Waals surface area contributed by atoms with Gasteiger partial charge in [-0.25, -0.2) is 9.97 Å². The Labute approximate surface area is 218 Å². The van der Waals surface area contributed by atoms with Gasteiger partial charge in [0.15, 0.2) is 6.20 Å². The zero-order valence-electron chi connectivity index (χ0n) is 19.5. The number of pyridine rings is 2. The molecule has 36 heavy (non-hydrogen) atoms. The summed E-state index contributed by atoms with van der Waals surface area (Å²) in [5.74, 6) is 1.15. The van der Waals surface area contributed by atoms with E-state index >= 15 is 0 Å². The van der Waals surface area contributed by atoms with Gasteiger partial charge in [0.25, 0.3) is 0 Å². The second-order valence-corrected chi connectivity index (χ2v) is 9.82. The largest absolute Gasteiger partial charge is 0.618 e. The Morgan fingerprint density at radius 3 is 2.72 bits per heavy atom. The van der Waals surface area contributed by atoms with Crippen molar-refractivity contribution in [1.82, 2.24) is 15.0 Å². The molecule has 0 bridgehead atoms. The summed E-state index contributed by atoms with van der Waals surface area (Å²) in [6.07, 6.45) is 6.30. The van der Waals surface area contributed by atoms with E-state index in [0.29, 0.717) is 56.3 Å². The molecule has 10 heteroatoms. The number of nitrogens with zero attached hydrogens (tertiary/aromatic N) is 3. The van der Waals surface area contributed by atoms with E-state index in [1.807, 2.05) is 12.1 Å². The van der Waals surface area contributed by atoms with Crippen molar-refractivity contribution in [3.63, 3.8) is 0 Å². The number of carbonyl (C=O) groups is 1. The molecule has 3 heterocycles. The monoisotopic (exact) mass is 522 g/mol. The number of carbonyl (C=O) groups excluding carboxylic acids is 1. The smallest absolute Gasteiger partial charge is 0.222 e. The summed E-state index contributed by atoms with van der Waals surface area (Å²) in [5, 5.41) is 16.6. The lowest BCUT2D eigenvalue weighted by Crippen LogP contribution is -2.34. The Morgan fingerprint density at radius 1 is 1.22 bits per heavy atom. The fourth-order valence-electron chi connectivity index (χ4n) is 4.30. The van der Waals surface area contributed by atoms with Gasteiger partial charge in [-0.1, -0.05) is 36.0 Å². The third-order valence-corrected chi connectivity index (χ3v) is 6.79. The number of halogens is 2. The lowest BCUT2D eigenvalue weighted by atomic mass is 9.95. The zero-order valence-corrected chi connectivity index (χ0v) is 21.0. The van der Waals surface area contributed by atoms with Crippen LogP contribution in [0, 0.1) is 11.1 Å². The Kier molecular flexibility index (Phi) is 6.55. The summed E-state index contributed by atoms with van der Waals surface area (Å²) in [6, 6.07) is 12.4. The molecule has 1 atom stereocenters. The fraction of sp³-hybridized carbons (Fsp3) is 0.231. The van der Waals surface area contributed by atoms with Gasteiger partial charge >= 0.3 is 0 Å². The predicted octanol–water partition coefficient (Wildman–Crippen LogP) is 5.55. The van der Waals surface area contributed by atoms with Gasteiger partial charge in [0.1, 0.15) is 22.7 Å². The first-order valence-corrected chi connectivity index (χ1v) is 12.3. The van der Waals surface area contributed by atoms with Crippen molar-refractivity contribution in [2.75, 3.05) is 11.1 Å². The van der Waals surface area contributed by atoms with Gasteiger partial charge in [-0.05, 0) is 48.7 Å². The van der Waals surface area contributed by atoms with E-state index in [-0.39, 0.29) is 17.0 Å². The average Bonchev–Trinajstić information content (AvgIpc) is 3.53. The number of nitrogen functional groups attached to an aromatic ring is 1. The highest BCUT2D eigenvalue weighted by Crippen LogP contribution is 2.41. The molecule has 184 valence electrons. The molecule has 1 aliphatic carbocycles. The first-order valence-electron chi connectivity index (χ1n) is 11.6. The van der Waals surface area contributed by atoms with Crippen LogP contribution in [0.3, 0.4) is 0 Å². The predicted molar refractivity (Wildman–Crippen MR) is 141 cm³/mol. The lowest BCUT2D eigenvalue weighted by Gasteiger charge is -2.16. The number of aromatic amines is 1. The molecule has 5 rings (SSSR count). The number of rotatable bonds is 7. The van der Waals surface area contributed by atoms with Crippen LogP contribution in [0.5, 0.6) is 0 Å². The van der Waals surface area contributed by atoms with Crippen LogP contribution in [-0.4, -0.2) is 20.9 Å². The van der Waals surface area contributed by atoms with Crippen molar-refractivity contribution in [2.45, 2.75) is 32.1 Å². The molecule has 4 aromatic rings. The van der Waals surface area contributed by atoms with E-state index in [9.17, 15) is 10.0 Å². The number of nitrogens with one attached hydrogen (secondary N) is 2. The summed E-state index contributed by atoms with van der Waals surface area (Å²) < 4.78 is 0.891. The number of amides is 1. The van der Waals surface area contributed by atoms with Crippen molar-refractivity contribution in [1.29, 1.82) is 0 Å². The number of nitrogens with two attached hydrogens (primary N) is 1. The first kappa shape index (κ1) is 24.1. The van der Waals surface area contributed by atoms with Crippen molar-refractivity contribution in [3.05, 3.63) is 81.8 Å². The summed E-state index contributed by atoms with van der Waals surface area (Å²) >= 11 is 12.5. The van der Waals surface area contributed by atoms with Crippen LogP contribution in [0.15, 0.2) is 54.9 Å². The maximum atomic E-state index is 13.2. The molecule has 1 unspecified atom stereocenters. The van der Waals surface area contributed by atoms with Gasteiger partial charge in [0, 0.05) is 40.4 Å². The highest BCUT2D eigenvalue weighted by molar-refractivity contribution is 6.32. The van der Waals surface area contributed by atoms with Crippen LogP contribution in [0.1, 0.15) is 43.6 Å². The molecule has 0 radical (unpaired) electrons.